The van der Waals surface area contributed by atoms with E-state index in [1.54, 1.807) is 6.92 Å². The number of carbonyl (C=O) groups excluding carboxylic acids is 2. The van der Waals surface area contributed by atoms with E-state index in [0.717, 1.165) is 4.57 Å². The van der Waals surface area contributed by atoms with Crippen molar-refractivity contribution in [2.45, 2.75) is 69.9 Å². The van der Waals surface area contributed by atoms with Gasteiger partial charge in [-0.15, -0.1) is 0 Å². The maximum atomic E-state index is 12.5. The molecule has 2 saturated heterocycles. The van der Waals surface area contributed by atoms with Crippen LogP contribution in [0.2, 0.25) is 0 Å². The fraction of sp³-hybridized carbons (Fsp3) is 0.464. The molecule has 7 N–H and O–H groups in total. The maximum Gasteiger partial charge on any atom is 0.423 e. The maximum absolute atomic E-state index is 12.5. The molecule has 49 heavy (non-hydrogen) atoms. The molecule has 0 radical (unpaired) electrons. The van der Waals surface area contributed by atoms with Crippen LogP contribution in [0.3, 0.4) is 0 Å². The number of aromatic nitrogens is 5. The molecule has 21 nitrogen and oxygen atoms in total. The number of nitrogens with zero attached hydrogens (tertiary/aromatic N) is 6. The third kappa shape index (κ3) is 7.10. The lowest BCUT2D eigenvalue weighted by atomic mass is 10.1. The van der Waals surface area contributed by atoms with Crippen molar-refractivity contribution < 1.29 is 57.7 Å². The van der Waals surface area contributed by atoms with Gasteiger partial charge >= 0.3 is 17.7 Å². The number of anilines is 3. The van der Waals surface area contributed by atoms with Gasteiger partial charge in [-0.05, 0) is 13.5 Å². The van der Waals surface area contributed by atoms with Gasteiger partial charge in [-0.3, -0.25) is 14.5 Å². The number of hydrogen-bond acceptors (Lipinski definition) is 20. The summed E-state index contributed by atoms with van der Waals surface area (Å²) in [5.41, 5.74) is 11.3. The van der Waals surface area contributed by atoms with Crippen molar-refractivity contribution >= 4 is 40.9 Å². The number of rotatable bonds is 8. The van der Waals surface area contributed by atoms with Gasteiger partial charge in [-0.1, -0.05) is 6.58 Å². The van der Waals surface area contributed by atoms with Gasteiger partial charge in [-0.2, -0.15) is 9.97 Å². The SMILES string of the molecule is C=C(C)O[C@@H]1[C@H](OC(C)=O)[C@@H](COC(C)=O)O[C@H]1n1c(=O)oc2cnc(N)nc21.C=C1Oc2cnc(N)nc2N1[C@@H]1O[C@H](CO)[C@@H](O)[C@H]1O. The number of esters is 2. The first kappa shape index (κ1) is 35.0. The van der Waals surface area contributed by atoms with E-state index in [1.807, 2.05) is 0 Å². The fourth-order valence-electron chi connectivity index (χ4n) is 5.28. The monoisotopic (exact) mass is 690 g/mol. The minimum Gasteiger partial charge on any atom is -0.487 e. The van der Waals surface area contributed by atoms with Crippen LogP contribution in [0.1, 0.15) is 27.0 Å². The smallest absolute Gasteiger partial charge is 0.423 e. The first-order valence-electron chi connectivity index (χ1n) is 14.5. The molecule has 3 aliphatic rings. The lowest BCUT2D eigenvalue weighted by Gasteiger charge is -2.26. The lowest BCUT2D eigenvalue weighted by Crippen LogP contribution is -2.43. The number of carbonyl (C=O) groups is 2. The second-order valence-corrected chi connectivity index (χ2v) is 10.9. The highest BCUT2D eigenvalue weighted by molar-refractivity contribution is 5.68. The van der Waals surface area contributed by atoms with Crippen LogP contribution in [0, 0.1) is 0 Å². The zero-order valence-corrected chi connectivity index (χ0v) is 26.4. The van der Waals surface area contributed by atoms with Crippen LogP contribution in [0.15, 0.2) is 46.4 Å². The van der Waals surface area contributed by atoms with Gasteiger partial charge in [0.05, 0.1) is 24.8 Å². The minimum atomic E-state index is -1.25. The molecule has 3 aromatic rings. The third-order valence-corrected chi connectivity index (χ3v) is 7.26. The standard InChI is InChI=1S/C17H20N4O8.C11H14N4O5/c1-7(2)26-13-12(27-9(4)23)11(6-25-8(3)22)28-15(13)21-14-10(29-17(21)24)5-19-16(18)20-14;1-4-15(9-5(19-4)2-13-11(12)14-9)10-8(18)7(17)6(3-16)20-10/h5,11-13,15H,1,6H2,2-4H3,(H2,18,19,20);2,6-8,10,16-18H,1,3H2,(H2,12,13,14)/t11-,12-,13-,15-;6-,7-,8-,10-/m11/s1. The Morgan fingerprint density at radius 2 is 1.63 bits per heavy atom. The highest BCUT2D eigenvalue weighted by Crippen LogP contribution is 2.41. The normalized spacial score (nSPS) is 27.2. The zero-order chi connectivity index (χ0) is 35.7. The van der Waals surface area contributed by atoms with Crippen LogP contribution < -0.4 is 26.9 Å². The molecule has 8 atom stereocenters. The van der Waals surface area contributed by atoms with Crippen molar-refractivity contribution in [3.63, 3.8) is 0 Å². The van der Waals surface area contributed by atoms with E-state index in [1.165, 1.54) is 31.1 Å². The number of nitrogen functional groups attached to an aromatic ring is 2. The summed E-state index contributed by atoms with van der Waals surface area (Å²) in [5.74, 6) is -0.983. The molecule has 6 rings (SSSR count). The summed E-state index contributed by atoms with van der Waals surface area (Å²) < 4.78 is 39.0. The van der Waals surface area contributed by atoms with E-state index in [-0.39, 0.29) is 47.2 Å². The van der Waals surface area contributed by atoms with Gasteiger partial charge in [0.15, 0.2) is 53.3 Å². The van der Waals surface area contributed by atoms with E-state index >= 15 is 0 Å². The molecule has 264 valence electrons. The number of hydrogen-bond donors (Lipinski definition) is 5. The van der Waals surface area contributed by atoms with Crippen molar-refractivity contribution in [2.24, 2.45) is 0 Å². The van der Waals surface area contributed by atoms with Crippen LogP contribution in [0.5, 0.6) is 5.75 Å². The van der Waals surface area contributed by atoms with Crippen LogP contribution in [0.25, 0.3) is 11.2 Å². The molecule has 0 spiro atoms. The summed E-state index contributed by atoms with van der Waals surface area (Å²) in [6.07, 6.45) is -5.81. The zero-order valence-electron chi connectivity index (χ0n) is 26.4. The molecule has 0 bridgehead atoms. The van der Waals surface area contributed by atoms with E-state index in [2.05, 4.69) is 33.1 Å². The Labute approximate surface area is 276 Å². The van der Waals surface area contributed by atoms with Crippen LogP contribution in [-0.2, 0) is 33.3 Å². The number of oxazole rings is 1. The van der Waals surface area contributed by atoms with Crippen molar-refractivity contribution in [3.8, 4) is 5.75 Å². The summed E-state index contributed by atoms with van der Waals surface area (Å²) in [4.78, 5) is 52.4. The first-order valence-corrected chi connectivity index (χ1v) is 14.5. The molecule has 6 heterocycles. The van der Waals surface area contributed by atoms with E-state index in [9.17, 15) is 24.6 Å². The van der Waals surface area contributed by atoms with Gasteiger partial charge in [0, 0.05) is 13.8 Å². The Balaban J connectivity index is 0.000000204. The number of aliphatic hydroxyl groups is 3. The third-order valence-electron chi connectivity index (χ3n) is 7.26. The summed E-state index contributed by atoms with van der Waals surface area (Å²) in [6.45, 7) is 10.7. The van der Waals surface area contributed by atoms with Crippen molar-refractivity contribution in [1.82, 2.24) is 24.5 Å². The molecule has 3 aliphatic heterocycles. The molecule has 0 saturated carbocycles. The molecule has 2 fully saturated rings. The lowest BCUT2D eigenvalue weighted by molar-refractivity contribution is -0.157. The van der Waals surface area contributed by atoms with Crippen LogP contribution >= 0.6 is 0 Å². The topological polar surface area (TPSA) is 292 Å². The first-order chi connectivity index (χ1) is 23.2. The van der Waals surface area contributed by atoms with E-state index in [0.29, 0.717) is 5.75 Å². The van der Waals surface area contributed by atoms with E-state index < -0.39 is 73.4 Å². The molecule has 21 heteroatoms. The Morgan fingerprint density at radius 1 is 0.959 bits per heavy atom. The van der Waals surface area contributed by atoms with Gasteiger partial charge in [0.2, 0.25) is 11.9 Å². The van der Waals surface area contributed by atoms with Crippen molar-refractivity contribution in [1.29, 1.82) is 0 Å². The summed E-state index contributed by atoms with van der Waals surface area (Å²) >= 11 is 0. The number of ether oxygens (including phenoxy) is 6. The molecular formula is C28H34N8O13. The van der Waals surface area contributed by atoms with Gasteiger partial charge < -0.3 is 59.6 Å². The Kier molecular flexibility index (Phi) is 10.0. The highest BCUT2D eigenvalue weighted by atomic mass is 16.6. The second kappa shape index (κ2) is 14.0. The van der Waals surface area contributed by atoms with E-state index in [4.69, 9.17) is 49.4 Å². The molecular weight excluding hydrogens is 656 g/mol. The number of allylic oxidation sites excluding steroid dienone is 1. The minimum absolute atomic E-state index is 0.0267. The predicted octanol–water partition coefficient (Wildman–Crippen LogP) is -1.55. The van der Waals surface area contributed by atoms with Crippen molar-refractivity contribution in [2.75, 3.05) is 29.6 Å². The molecule has 0 amide bonds. The Morgan fingerprint density at radius 3 is 2.27 bits per heavy atom. The number of nitrogens with two attached hydrogens (primary N) is 2. The fourth-order valence-corrected chi connectivity index (χ4v) is 5.28. The largest absolute Gasteiger partial charge is 0.487 e. The molecule has 0 aromatic carbocycles. The van der Waals surface area contributed by atoms with Crippen LogP contribution in [-0.4, -0.2) is 108 Å². The molecule has 0 aliphatic carbocycles. The Bertz CT molecular complexity index is 1810. The Hall–Kier alpha value is -5.35. The van der Waals surface area contributed by atoms with Gasteiger partial charge in [-0.25, -0.2) is 19.3 Å². The quantitative estimate of drug-likeness (QED) is 0.132. The van der Waals surface area contributed by atoms with Crippen molar-refractivity contribution in [3.05, 3.63) is 47.7 Å². The second-order valence-electron chi connectivity index (χ2n) is 10.9. The summed E-state index contributed by atoms with van der Waals surface area (Å²) in [7, 11) is 0. The number of fused-ring (bicyclic) bond motifs is 2. The summed E-state index contributed by atoms with van der Waals surface area (Å²) in [6, 6.07) is 0. The average molecular weight is 691 g/mol. The molecule has 3 aromatic heterocycles. The van der Waals surface area contributed by atoms with Gasteiger partial charge in [0.25, 0.3) is 0 Å². The number of aliphatic hydroxyl groups excluding tert-OH is 3. The average Bonchev–Trinajstić information content (AvgIpc) is 3.72. The van der Waals surface area contributed by atoms with Gasteiger partial charge in [0.1, 0.15) is 31.0 Å². The molecule has 0 unspecified atom stereocenters. The highest BCUT2D eigenvalue weighted by Gasteiger charge is 2.52. The summed E-state index contributed by atoms with van der Waals surface area (Å²) in [5, 5.41) is 28.9. The predicted molar refractivity (Wildman–Crippen MR) is 163 cm³/mol. The van der Waals surface area contributed by atoms with Crippen LogP contribution in [0.4, 0.5) is 17.7 Å².